The van der Waals surface area contributed by atoms with Crippen LogP contribution in [0, 0.1) is 6.92 Å². The Labute approximate surface area is 158 Å². The Kier molecular flexibility index (Phi) is 6.05. The first kappa shape index (κ1) is 18.5. The van der Waals surface area contributed by atoms with E-state index in [1.807, 2.05) is 61.5 Å². The second-order valence-electron chi connectivity index (χ2n) is 6.31. The van der Waals surface area contributed by atoms with Crippen molar-refractivity contribution < 1.29 is 14.0 Å². The maximum Gasteiger partial charge on any atom is 0.286 e. The van der Waals surface area contributed by atoms with Crippen LogP contribution in [0.15, 0.2) is 77.4 Å². The highest BCUT2D eigenvalue weighted by atomic mass is 16.3. The van der Waals surface area contributed by atoms with Crippen molar-refractivity contribution in [2.24, 2.45) is 0 Å². The first-order valence-corrected chi connectivity index (χ1v) is 8.86. The maximum absolute atomic E-state index is 12.4. The minimum Gasteiger partial charge on any atom is -0.459 e. The van der Waals surface area contributed by atoms with E-state index in [9.17, 15) is 9.59 Å². The Morgan fingerprint density at radius 1 is 0.926 bits per heavy atom. The monoisotopic (exact) mass is 362 g/mol. The Hall–Kier alpha value is -3.34. The van der Waals surface area contributed by atoms with Gasteiger partial charge in [0.25, 0.3) is 5.91 Å². The Balaban J connectivity index is 1.62. The van der Waals surface area contributed by atoms with Gasteiger partial charge in [0.2, 0.25) is 5.91 Å². The SMILES string of the molecule is Cc1ccc(C(NC(=O)CCNC(=O)c2ccco2)c2ccccc2)cc1. The molecule has 0 aliphatic rings. The minimum absolute atomic E-state index is 0.135. The molecule has 1 unspecified atom stereocenters. The van der Waals surface area contributed by atoms with E-state index >= 15 is 0 Å². The fourth-order valence-electron chi connectivity index (χ4n) is 2.78. The van der Waals surface area contributed by atoms with Crippen LogP contribution in [0.2, 0.25) is 0 Å². The molecule has 1 heterocycles. The van der Waals surface area contributed by atoms with E-state index < -0.39 is 0 Å². The Morgan fingerprint density at radius 2 is 1.63 bits per heavy atom. The molecule has 0 bridgehead atoms. The summed E-state index contributed by atoms with van der Waals surface area (Å²) in [5.74, 6) is -0.229. The summed E-state index contributed by atoms with van der Waals surface area (Å²) in [6, 6.07) is 20.9. The number of hydrogen-bond acceptors (Lipinski definition) is 3. The van der Waals surface area contributed by atoms with Crippen molar-refractivity contribution in [3.63, 3.8) is 0 Å². The molecule has 3 aromatic rings. The van der Waals surface area contributed by atoms with Crippen LogP contribution in [0.3, 0.4) is 0 Å². The first-order chi connectivity index (χ1) is 13.1. The van der Waals surface area contributed by atoms with E-state index in [1.54, 1.807) is 12.1 Å². The number of amides is 2. The number of carbonyl (C=O) groups is 2. The van der Waals surface area contributed by atoms with Gasteiger partial charge in [-0.2, -0.15) is 0 Å². The number of hydrogen-bond donors (Lipinski definition) is 2. The molecule has 0 spiro atoms. The van der Waals surface area contributed by atoms with Crippen LogP contribution in [0.25, 0.3) is 0 Å². The molecule has 0 aliphatic carbocycles. The third kappa shape index (κ3) is 5.07. The van der Waals surface area contributed by atoms with Crippen LogP contribution in [-0.2, 0) is 4.79 Å². The van der Waals surface area contributed by atoms with Gasteiger partial charge in [-0.25, -0.2) is 0 Å². The van der Waals surface area contributed by atoms with Gasteiger partial charge in [-0.15, -0.1) is 0 Å². The summed E-state index contributed by atoms with van der Waals surface area (Å²) in [5.41, 5.74) is 3.19. The molecule has 5 heteroatoms. The number of benzene rings is 2. The van der Waals surface area contributed by atoms with E-state index in [0.29, 0.717) is 0 Å². The molecular formula is C22H22N2O3. The van der Waals surface area contributed by atoms with Crippen LogP contribution in [0.1, 0.15) is 39.7 Å². The molecule has 0 saturated carbocycles. The predicted octanol–water partition coefficient (Wildman–Crippen LogP) is 3.61. The topological polar surface area (TPSA) is 71.3 Å². The molecular weight excluding hydrogens is 340 g/mol. The maximum atomic E-state index is 12.4. The van der Waals surface area contributed by atoms with E-state index in [-0.39, 0.29) is 36.6 Å². The van der Waals surface area contributed by atoms with Crippen LogP contribution < -0.4 is 10.6 Å². The summed E-state index contributed by atoms with van der Waals surface area (Å²) in [4.78, 5) is 24.3. The lowest BCUT2D eigenvalue weighted by Crippen LogP contribution is -2.33. The standard InChI is InChI=1S/C22H22N2O3/c1-16-9-11-18(12-10-16)21(17-6-3-2-4-7-17)24-20(25)13-14-23-22(26)19-8-5-15-27-19/h2-12,15,21H,13-14H2,1H3,(H,23,26)(H,24,25). The zero-order valence-corrected chi connectivity index (χ0v) is 15.1. The summed E-state index contributed by atoms with van der Waals surface area (Å²) in [6.45, 7) is 2.27. The molecule has 0 fully saturated rings. The van der Waals surface area contributed by atoms with Gasteiger partial charge in [-0.1, -0.05) is 60.2 Å². The van der Waals surface area contributed by atoms with E-state index in [0.717, 1.165) is 16.7 Å². The van der Waals surface area contributed by atoms with Gasteiger partial charge in [0.1, 0.15) is 0 Å². The van der Waals surface area contributed by atoms with E-state index in [2.05, 4.69) is 10.6 Å². The molecule has 27 heavy (non-hydrogen) atoms. The lowest BCUT2D eigenvalue weighted by Gasteiger charge is -2.20. The summed E-state index contributed by atoms with van der Waals surface area (Å²) in [5, 5.41) is 5.75. The Bertz CT molecular complexity index is 872. The molecule has 5 nitrogen and oxygen atoms in total. The average Bonchev–Trinajstić information content (AvgIpc) is 3.22. The molecule has 0 aliphatic heterocycles. The summed E-state index contributed by atoms with van der Waals surface area (Å²) in [6.07, 6.45) is 1.62. The molecule has 3 rings (SSSR count). The summed E-state index contributed by atoms with van der Waals surface area (Å²) >= 11 is 0. The van der Waals surface area contributed by atoms with Crippen LogP contribution in [0.5, 0.6) is 0 Å². The fraction of sp³-hybridized carbons (Fsp3) is 0.182. The molecule has 0 saturated heterocycles. The predicted molar refractivity (Wildman–Crippen MR) is 103 cm³/mol. The van der Waals surface area contributed by atoms with Gasteiger partial charge in [-0.05, 0) is 30.2 Å². The first-order valence-electron chi connectivity index (χ1n) is 8.86. The fourth-order valence-corrected chi connectivity index (χ4v) is 2.78. The molecule has 2 amide bonds. The number of carbonyl (C=O) groups excluding carboxylic acids is 2. The molecule has 1 atom stereocenters. The van der Waals surface area contributed by atoms with Gasteiger partial charge in [0.05, 0.1) is 12.3 Å². The van der Waals surface area contributed by atoms with Crippen molar-refractivity contribution >= 4 is 11.8 Å². The quantitative estimate of drug-likeness (QED) is 0.674. The smallest absolute Gasteiger partial charge is 0.286 e. The minimum atomic E-state index is -0.328. The normalized spacial score (nSPS) is 11.6. The van der Waals surface area contributed by atoms with Crippen molar-refractivity contribution in [2.75, 3.05) is 6.54 Å². The van der Waals surface area contributed by atoms with Gasteiger partial charge >= 0.3 is 0 Å². The summed E-state index contributed by atoms with van der Waals surface area (Å²) < 4.78 is 5.03. The second kappa shape index (κ2) is 8.85. The molecule has 138 valence electrons. The number of nitrogens with one attached hydrogen (secondary N) is 2. The van der Waals surface area contributed by atoms with Crippen molar-refractivity contribution in [3.8, 4) is 0 Å². The van der Waals surface area contributed by atoms with E-state index in [4.69, 9.17) is 4.42 Å². The van der Waals surface area contributed by atoms with Gasteiger partial charge in [0, 0.05) is 13.0 Å². The van der Waals surface area contributed by atoms with Crippen molar-refractivity contribution in [1.82, 2.24) is 10.6 Å². The molecule has 1 aromatic heterocycles. The zero-order valence-electron chi connectivity index (χ0n) is 15.1. The lowest BCUT2D eigenvalue weighted by atomic mass is 9.97. The molecule has 2 N–H and O–H groups in total. The zero-order chi connectivity index (χ0) is 19.1. The highest BCUT2D eigenvalue weighted by molar-refractivity contribution is 5.91. The number of aryl methyl sites for hydroxylation is 1. The van der Waals surface area contributed by atoms with Crippen LogP contribution in [-0.4, -0.2) is 18.4 Å². The number of furan rings is 1. The van der Waals surface area contributed by atoms with Crippen molar-refractivity contribution in [2.45, 2.75) is 19.4 Å². The third-order valence-corrected chi connectivity index (χ3v) is 4.23. The highest BCUT2D eigenvalue weighted by Gasteiger charge is 2.17. The molecule has 2 aromatic carbocycles. The lowest BCUT2D eigenvalue weighted by molar-refractivity contribution is -0.121. The third-order valence-electron chi connectivity index (χ3n) is 4.23. The Morgan fingerprint density at radius 3 is 2.30 bits per heavy atom. The van der Waals surface area contributed by atoms with E-state index in [1.165, 1.54) is 6.26 Å². The summed E-state index contributed by atoms with van der Waals surface area (Å²) in [7, 11) is 0. The van der Waals surface area contributed by atoms with Gasteiger partial charge in [-0.3, -0.25) is 9.59 Å². The number of rotatable bonds is 7. The average molecular weight is 362 g/mol. The van der Waals surface area contributed by atoms with Crippen LogP contribution in [0.4, 0.5) is 0 Å². The molecule has 0 radical (unpaired) electrons. The van der Waals surface area contributed by atoms with Crippen molar-refractivity contribution in [1.29, 1.82) is 0 Å². The highest BCUT2D eigenvalue weighted by Crippen LogP contribution is 2.22. The van der Waals surface area contributed by atoms with Crippen molar-refractivity contribution in [3.05, 3.63) is 95.4 Å². The second-order valence-corrected chi connectivity index (χ2v) is 6.31. The van der Waals surface area contributed by atoms with Crippen LogP contribution >= 0.6 is 0 Å². The van der Waals surface area contributed by atoms with Gasteiger partial charge in [0.15, 0.2) is 5.76 Å². The van der Waals surface area contributed by atoms with Gasteiger partial charge < -0.3 is 15.1 Å². The largest absolute Gasteiger partial charge is 0.459 e.